The number of amides is 2. The Balaban J connectivity index is 1.41. The molecule has 0 unspecified atom stereocenters. The van der Waals surface area contributed by atoms with Crippen molar-refractivity contribution < 1.29 is 14.1 Å². The number of carbonyl (C=O) groups is 2. The van der Waals surface area contributed by atoms with Crippen LogP contribution in [-0.2, 0) is 16.8 Å². The molecule has 1 aliphatic carbocycles. The van der Waals surface area contributed by atoms with E-state index >= 15 is 0 Å². The zero-order valence-corrected chi connectivity index (χ0v) is 17.6. The molecule has 0 aliphatic heterocycles. The molecule has 1 fully saturated rings. The Kier molecular flexibility index (Phi) is 5.65. The normalized spacial score (nSPS) is 14.1. The summed E-state index contributed by atoms with van der Waals surface area (Å²) in [5, 5.41) is 9.85. The molecule has 0 radical (unpaired) electrons. The third kappa shape index (κ3) is 4.69. The largest absolute Gasteiger partial charge is 0.360 e. The predicted molar refractivity (Wildman–Crippen MR) is 115 cm³/mol. The molecule has 9 heteroatoms. The lowest BCUT2D eigenvalue weighted by molar-refractivity contribution is -0.116. The van der Waals surface area contributed by atoms with E-state index in [0.29, 0.717) is 22.9 Å². The highest BCUT2D eigenvalue weighted by atomic mass is 35.5. The van der Waals surface area contributed by atoms with E-state index in [9.17, 15) is 14.4 Å². The standard InChI is InChI=1S/C22H21ClN4O4/c1-14-10-18(26-31-14)25-19(28)12-27-11-15(6-7-20(27)29)21(30)24-13-22(8-9-22)16-4-2-3-5-17(16)23/h2-7,10-11H,8-9,12-13H2,1H3,(H,24,30)(H,25,26,28). The van der Waals surface area contributed by atoms with Crippen molar-refractivity contribution in [3.63, 3.8) is 0 Å². The van der Waals surface area contributed by atoms with Crippen LogP contribution in [0.25, 0.3) is 0 Å². The first-order valence-electron chi connectivity index (χ1n) is 9.83. The molecule has 3 aromatic rings. The molecular formula is C22H21ClN4O4. The van der Waals surface area contributed by atoms with E-state index in [4.69, 9.17) is 16.1 Å². The minimum absolute atomic E-state index is 0.155. The van der Waals surface area contributed by atoms with Gasteiger partial charge in [-0.25, -0.2) is 0 Å². The van der Waals surface area contributed by atoms with Crippen LogP contribution in [0.3, 0.4) is 0 Å². The number of carbonyl (C=O) groups excluding carboxylic acids is 2. The van der Waals surface area contributed by atoms with E-state index < -0.39 is 11.5 Å². The minimum Gasteiger partial charge on any atom is -0.360 e. The van der Waals surface area contributed by atoms with Gasteiger partial charge < -0.3 is 19.7 Å². The lowest BCUT2D eigenvalue weighted by Crippen LogP contribution is -2.34. The molecule has 2 amide bonds. The molecule has 31 heavy (non-hydrogen) atoms. The SMILES string of the molecule is Cc1cc(NC(=O)Cn2cc(C(=O)NCC3(c4ccccc4Cl)CC3)ccc2=O)no1. The molecule has 1 aliphatic rings. The summed E-state index contributed by atoms with van der Waals surface area (Å²) in [6.45, 7) is 1.89. The second kappa shape index (κ2) is 8.39. The average molecular weight is 441 g/mol. The van der Waals surface area contributed by atoms with Gasteiger partial charge in [0, 0.05) is 35.3 Å². The summed E-state index contributed by atoms with van der Waals surface area (Å²) < 4.78 is 6.07. The van der Waals surface area contributed by atoms with E-state index in [-0.39, 0.29) is 23.7 Å². The molecule has 0 spiro atoms. The Hall–Kier alpha value is -3.39. The van der Waals surface area contributed by atoms with E-state index in [2.05, 4.69) is 15.8 Å². The summed E-state index contributed by atoms with van der Waals surface area (Å²) in [6, 6.07) is 11.9. The Bertz CT molecular complexity index is 1200. The van der Waals surface area contributed by atoms with Crippen LogP contribution in [0.4, 0.5) is 5.82 Å². The van der Waals surface area contributed by atoms with Crippen LogP contribution in [0, 0.1) is 6.92 Å². The van der Waals surface area contributed by atoms with Crippen molar-refractivity contribution in [3.05, 3.63) is 80.9 Å². The van der Waals surface area contributed by atoms with E-state index in [1.54, 1.807) is 13.0 Å². The molecule has 1 saturated carbocycles. The monoisotopic (exact) mass is 440 g/mol. The molecule has 2 N–H and O–H groups in total. The van der Waals surface area contributed by atoms with Crippen LogP contribution >= 0.6 is 11.6 Å². The van der Waals surface area contributed by atoms with Crippen molar-refractivity contribution in [3.8, 4) is 0 Å². The number of hydrogen-bond donors (Lipinski definition) is 2. The third-order valence-corrected chi connectivity index (χ3v) is 5.67. The van der Waals surface area contributed by atoms with Gasteiger partial charge in [-0.05, 0) is 37.5 Å². The summed E-state index contributed by atoms with van der Waals surface area (Å²) in [7, 11) is 0. The number of hydrogen-bond acceptors (Lipinski definition) is 5. The highest BCUT2D eigenvalue weighted by Gasteiger charge is 2.45. The topological polar surface area (TPSA) is 106 Å². The van der Waals surface area contributed by atoms with Gasteiger partial charge in [-0.1, -0.05) is 35.0 Å². The second-order valence-electron chi connectivity index (χ2n) is 7.70. The van der Waals surface area contributed by atoms with E-state index in [1.165, 1.54) is 22.9 Å². The predicted octanol–water partition coefficient (Wildman–Crippen LogP) is 2.90. The van der Waals surface area contributed by atoms with Crippen molar-refractivity contribution in [1.82, 2.24) is 15.0 Å². The number of benzene rings is 1. The minimum atomic E-state index is -0.455. The summed E-state index contributed by atoms with van der Waals surface area (Å²) >= 11 is 6.33. The first-order chi connectivity index (χ1) is 14.9. The molecular weight excluding hydrogens is 420 g/mol. The number of aromatic nitrogens is 2. The van der Waals surface area contributed by atoms with Crippen molar-refractivity contribution >= 4 is 29.2 Å². The Morgan fingerprint density at radius 2 is 2.00 bits per heavy atom. The Morgan fingerprint density at radius 1 is 1.23 bits per heavy atom. The quantitative estimate of drug-likeness (QED) is 0.587. The maximum absolute atomic E-state index is 12.7. The van der Waals surface area contributed by atoms with Crippen LogP contribution in [0.15, 0.2) is 58.0 Å². The zero-order valence-electron chi connectivity index (χ0n) is 16.9. The van der Waals surface area contributed by atoms with Gasteiger partial charge in [0.15, 0.2) is 5.82 Å². The van der Waals surface area contributed by atoms with Gasteiger partial charge in [0.05, 0.1) is 5.56 Å². The molecule has 2 heterocycles. The van der Waals surface area contributed by atoms with Gasteiger partial charge in [-0.15, -0.1) is 0 Å². The van der Waals surface area contributed by atoms with Crippen molar-refractivity contribution in [2.24, 2.45) is 0 Å². The summed E-state index contributed by atoms with van der Waals surface area (Å²) in [5.41, 5.74) is 0.775. The molecule has 4 rings (SSSR count). The highest BCUT2D eigenvalue weighted by Crippen LogP contribution is 2.49. The van der Waals surface area contributed by atoms with Gasteiger partial charge in [-0.3, -0.25) is 14.4 Å². The van der Waals surface area contributed by atoms with Gasteiger partial charge in [0.2, 0.25) is 5.91 Å². The Labute approximate surface area is 183 Å². The number of pyridine rings is 1. The first-order valence-corrected chi connectivity index (χ1v) is 10.2. The molecule has 8 nitrogen and oxygen atoms in total. The van der Waals surface area contributed by atoms with Crippen LogP contribution in [-0.4, -0.2) is 28.1 Å². The van der Waals surface area contributed by atoms with Gasteiger partial charge in [0.25, 0.3) is 11.5 Å². The summed E-state index contributed by atoms with van der Waals surface area (Å²) in [4.78, 5) is 37.0. The average Bonchev–Trinajstić information content (AvgIpc) is 3.42. The third-order valence-electron chi connectivity index (χ3n) is 5.34. The van der Waals surface area contributed by atoms with Crippen LogP contribution in [0.2, 0.25) is 5.02 Å². The number of nitrogens with one attached hydrogen (secondary N) is 2. The summed E-state index contributed by atoms with van der Waals surface area (Å²) in [6.07, 6.45) is 3.26. The maximum Gasteiger partial charge on any atom is 0.252 e. The molecule has 0 atom stereocenters. The zero-order chi connectivity index (χ0) is 22.0. The van der Waals surface area contributed by atoms with Gasteiger partial charge >= 0.3 is 0 Å². The van der Waals surface area contributed by atoms with Crippen molar-refractivity contribution in [2.75, 3.05) is 11.9 Å². The van der Waals surface area contributed by atoms with Gasteiger partial charge in [-0.2, -0.15) is 0 Å². The van der Waals surface area contributed by atoms with Crippen LogP contribution in [0.5, 0.6) is 0 Å². The number of nitrogens with zero attached hydrogens (tertiary/aromatic N) is 2. The van der Waals surface area contributed by atoms with Crippen LogP contribution < -0.4 is 16.2 Å². The number of halogens is 1. The van der Waals surface area contributed by atoms with Crippen molar-refractivity contribution in [2.45, 2.75) is 31.7 Å². The van der Waals surface area contributed by atoms with Crippen LogP contribution in [0.1, 0.15) is 34.5 Å². The number of anilines is 1. The molecule has 2 aromatic heterocycles. The maximum atomic E-state index is 12.7. The Morgan fingerprint density at radius 3 is 2.68 bits per heavy atom. The fourth-order valence-corrected chi connectivity index (χ4v) is 3.82. The second-order valence-corrected chi connectivity index (χ2v) is 8.10. The van der Waals surface area contributed by atoms with E-state index in [0.717, 1.165) is 18.4 Å². The summed E-state index contributed by atoms with van der Waals surface area (Å²) in [5.74, 6) is 0.0401. The smallest absolute Gasteiger partial charge is 0.252 e. The van der Waals surface area contributed by atoms with Gasteiger partial charge in [0.1, 0.15) is 12.3 Å². The highest BCUT2D eigenvalue weighted by molar-refractivity contribution is 6.31. The molecule has 160 valence electrons. The molecule has 1 aromatic carbocycles. The molecule has 0 saturated heterocycles. The molecule has 0 bridgehead atoms. The first kappa shape index (κ1) is 20.9. The van der Waals surface area contributed by atoms with Crippen molar-refractivity contribution in [1.29, 1.82) is 0 Å². The fourth-order valence-electron chi connectivity index (χ4n) is 3.49. The lowest BCUT2D eigenvalue weighted by atomic mass is 9.96. The number of rotatable bonds is 7. The number of aryl methyl sites for hydroxylation is 1. The fraction of sp³-hybridized carbons (Fsp3) is 0.273. The van der Waals surface area contributed by atoms with E-state index in [1.807, 2.05) is 24.3 Å². The lowest BCUT2D eigenvalue weighted by Gasteiger charge is -2.18.